The molecule has 3 N–H and O–H groups in total. The number of hydrogen-bond acceptors (Lipinski definition) is 7. The Hall–Kier alpha value is -1.51. The highest BCUT2D eigenvalue weighted by atomic mass is 16.7. The second kappa shape index (κ2) is 7.66. The molecule has 0 aliphatic carbocycles. The Morgan fingerprint density at radius 3 is 2.50 bits per heavy atom. The Balaban J connectivity index is 2.07. The van der Waals surface area contributed by atoms with Crippen LogP contribution in [0.4, 0.5) is 0 Å². The van der Waals surface area contributed by atoms with E-state index < -0.39 is 43.3 Å². The van der Waals surface area contributed by atoms with E-state index in [9.17, 15) is 20.1 Å². The van der Waals surface area contributed by atoms with Gasteiger partial charge in [-0.1, -0.05) is 30.3 Å². The first-order valence-electron chi connectivity index (χ1n) is 6.98. The van der Waals surface area contributed by atoms with Crippen molar-refractivity contribution in [2.45, 2.75) is 44.2 Å². The lowest BCUT2D eigenvalue weighted by atomic mass is 9.99. The summed E-state index contributed by atoms with van der Waals surface area (Å²) in [5.74, 6) is -0.629. The minimum atomic E-state index is -1.41. The van der Waals surface area contributed by atoms with Crippen molar-refractivity contribution in [3.8, 4) is 0 Å². The lowest BCUT2D eigenvalue weighted by Gasteiger charge is -2.41. The normalized spacial score (nSPS) is 31.7. The summed E-state index contributed by atoms with van der Waals surface area (Å²) >= 11 is 0. The van der Waals surface area contributed by atoms with Gasteiger partial charge in [0.25, 0.3) is 0 Å². The fourth-order valence-corrected chi connectivity index (χ4v) is 2.26. The number of aliphatic hydroxyl groups is 3. The molecule has 1 aliphatic heterocycles. The third-order valence-corrected chi connectivity index (χ3v) is 3.38. The van der Waals surface area contributed by atoms with Crippen molar-refractivity contribution in [1.29, 1.82) is 0 Å². The standard InChI is InChI=1S/C15H20O7/c1-9(17)21-14-13(19)12(18)11(7-16)22-15(14)20-8-10-5-3-2-4-6-10/h2-6,11-16,18-19H,7-8H2,1H3/t11-,12-,13-,14+,15+/m1/s1. The lowest BCUT2D eigenvalue weighted by molar-refractivity contribution is -0.306. The molecule has 7 heteroatoms. The first-order valence-corrected chi connectivity index (χ1v) is 6.98. The summed E-state index contributed by atoms with van der Waals surface area (Å²) in [4.78, 5) is 11.2. The van der Waals surface area contributed by atoms with E-state index in [0.717, 1.165) is 5.56 Å². The Bertz CT molecular complexity index is 478. The maximum absolute atomic E-state index is 11.2. The molecular formula is C15H20O7. The minimum Gasteiger partial charge on any atom is -0.454 e. The molecule has 0 amide bonds. The van der Waals surface area contributed by atoms with Crippen LogP contribution >= 0.6 is 0 Å². The predicted molar refractivity (Wildman–Crippen MR) is 74.5 cm³/mol. The number of carbonyl (C=O) groups is 1. The van der Waals surface area contributed by atoms with Crippen molar-refractivity contribution >= 4 is 5.97 Å². The average Bonchev–Trinajstić information content (AvgIpc) is 2.52. The van der Waals surface area contributed by atoms with Gasteiger partial charge in [0.2, 0.25) is 0 Å². The van der Waals surface area contributed by atoms with Gasteiger partial charge in [-0.2, -0.15) is 0 Å². The number of aliphatic hydroxyl groups excluding tert-OH is 3. The maximum atomic E-state index is 11.2. The summed E-state index contributed by atoms with van der Waals surface area (Å²) in [6.45, 7) is 0.867. The van der Waals surface area contributed by atoms with E-state index in [0.29, 0.717) is 0 Å². The van der Waals surface area contributed by atoms with Gasteiger partial charge in [-0.25, -0.2) is 0 Å². The highest BCUT2D eigenvalue weighted by Gasteiger charge is 2.46. The second-order valence-electron chi connectivity index (χ2n) is 5.08. The summed E-state index contributed by atoms with van der Waals surface area (Å²) < 4.78 is 15.9. The number of benzene rings is 1. The third kappa shape index (κ3) is 4.02. The average molecular weight is 312 g/mol. The van der Waals surface area contributed by atoms with Crippen molar-refractivity contribution in [2.75, 3.05) is 6.61 Å². The summed E-state index contributed by atoms with van der Waals surface area (Å²) in [6, 6.07) is 9.25. The number of carbonyl (C=O) groups excluding carboxylic acids is 1. The van der Waals surface area contributed by atoms with Gasteiger partial charge in [0, 0.05) is 6.92 Å². The lowest BCUT2D eigenvalue weighted by Crippen LogP contribution is -2.60. The monoisotopic (exact) mass is 312 g/mol. The summed E-state index contributed by atoms with van der Waals surface area (Å²) in [7, 11) is 0. The molecule has 2 rings (SSSR count). The summed E-state index contributed by atoms with van der Waals surface area (Å²) in [5, 5.41) is 29.1. The first-order chi connectivity index (χ1) is 10.5. The SMILES string of the molecule is CC(=O)O[C@@H]1[C@@H](OCc2ccccc2)O[C@H](CO)[C@@H](O)[C@H]1O. The quantitative estimate of drug-likeness (QED) is 0.634. The first kappa shape index (κ1) is 16.9. The number of ether oxygens (including phenoxy) is 3. The molecular weight excluding hydrogens is 292 g/mol. The van der Waals surface area contributed by atoms with Crippen LogP contribution in [-0.4, -0.2) is 58.6 Å². The Kier molecular flexibility index (Phi) is 5.87. The molecule has 5 atom stereocenters. The van der Waals surface area contributed by atoms with Crippen LogP contribution in [0.25, 0.3) is 0 Å². The molecule has 1 aromatic carbocycles. The molecule has 1 fully saturated rings. The molecule has 0 radical (unpaired) electrons. The molecule has 7 nitrogen and oxygen atoms in total. The molecule has 0 unspecified atom stereocenters. The van der Waals surface area contributed by atoms with Gasteiger partial charge in [-0.3, -0.25) is 4.79 Å². The van der Waals surface area contributed by atoms with Gasteiger partial charge in [-0.05, 0) is 5.56 Å². The number of esters is 1. The van der Waals surface area contributed by atoms with E-state index in [1.165, 1.54) is 6.92 Å². The van der Waals surface area contributed by atoms with Crippen LogP contribution in [0.3, 0.4) is 0 Å². The molecule has 22 heavy (non-hydrogen) atoms. The molecule has 0 saturated carbocycles. The van der Waals surface area contributed by atoms with Gasteiger partial charge >= 0.3 is 5.97 Å². The van der Waals surface area contributed by atoms with Crippen LogP contribution in [-0.2, 0) is 25.6 Å². The van der Waals surface area contributed by atoms with Crippen molar-refractivity contribution in [1.82, 2.24) is 0 Å². The number of rotatable bonds is 5. The molecule has 1 saturated heterocycles. The van der Waals surface area contributed by atoms with E-state index in [4.69, 9.17) is 14.2 Å². The molecule has 1 heterocycles. The highest BCUT2D eigenvalue weighted by molar-refractivity contribution is 5.66. The summed E-state index contributed by atoms with van der Waals surface area (Å²) in [5.41, 5.74) is 0.869. The zero-order valence-corrected chi connectivity index (χ0v) is 12.2. The number of hydrogen-bond donors (Lipinski definition) is 3. The largest absolute Gasteiger partial charge is 0.454 e. The van der Waals surface area contributed by atoms with Crippen molar-refractivity contribution < 1.29 is 34.3 Å². The van der Waals surface area contributed by atoms with Crippen molar-refractivity contribution in [2.24, 2.45) is 0 Å². The van der Waals surface area contributed by atoms with Crippen LogP contribution in [0.15, 0.2) is 30.3 Å². The van der Waals surface area contributed by atoms with Crippen LogP contribution in [0.2, 0.25) is 0 Å². The molecule has 0 aromatic heterocycles. The molecule has 1 aromatic rings. The van der Waals surface area contributed by atoms with Crippen molar-refractivity contribution in [3.63, 3.8) is 0 Å². The molecule has 0 spiro atoms. The van der Waals surface area contributed by atoms with E-state index in [1.807, 2.05) is 30.3 Å². The van der Waals surface area contributed by atoms with Gasteiger partial charge < -0.3 is 29.5 Å². The van der Waals surface area contributed by atoms with Crippen LogP contribution in [0, 0.1) is 0 Å². The van der Waals surface area contributed by atoms with E-state index in [1.54, 1.807) is 0 Å². The van der Waals surface area contributed by atoms with Gasteiger partial charge in [0.05, 0.1) is 13.2 Å². The fourth-order valence-electron chi connectivity index (χ4n) is 2.26. The third-order valence-electron chi connectivity index (χ3n) is 3.38. The molecule has 1 aliphatic rings. The van der Waals surface area contributed by atoms with Crippen molar-refractivity contribution in [3.05, 3.63) is 35.9 Å². The highest BCUT2D eigenvalue weighted by Crippen LogP contribution is 2.25. The van der Waals surface area contributed by atoms with Gasteiger partial charge in [0.15, 0.2) is 12.4 Å². The van der Waals surface area contributed by atoms with Crippen LogP contribution < -0.4 is 0 Å². The second-order valence-corrected chi connectivity index (χ2v) is 5.08. The van der Waals surface area contributed by atoms with Crippen LogP contribution in [0.5, 0.6) is 0 Å². The Labute approximate surface area is 128 Å². The fraction of sp³-hybridized carbons (Fsp3) is 0.533. The van der Waals surface area contributed by atoms with Crippen LogP contribution in [0.1, 0.15) is 12.5 Å². The zero-order valence-electron chi connectivity index (χ0n) is 12.2. The van der Waals surface area contributed by atoms with E-state index in [2.05, 4.69) is 0 Å². The Morgan fingerprint density at radius 2 is 1.91 bits per heavy atom. The molecule has 122 valence electrons. The van der Waals surface area contributed by atoms with Gasteiger partial charge in [0.1, 0.15) is 18.3 Å². The Morgan fingerprint density at radius 1 is 1.23 bits per heavy atom. The molecule has 0 bridgehead atoms. The van der Waals surface area contributed by atoms with E-state index >= 15 is 0 Å². The smallest absolute Gasteiger partial charge is 0.303 e. The predicted octanol–water partition coefficient (Wildman–Crippen LogP) is -0.426. The topological polar surface area (TPSA) is 105 Å². The minimum absolute atomic E-state index is 0.171. The maximum Gasteiger partial charge on any atom is 0.303 e. The zero-order chi connectivity index (χ0) is 16.1. The van der Waals surface area contributed by atoms with Gasteiger partial charge in [-0.15, -0.1) is 0 Å². The van der Waals surface area contributed by atoms with E-state index in [-0.39, 0.29) is 6.61 Å². The summed E-state index contributed by atoms with van der Waals surface area (Å²) in [6.07, 6.45) is -6.04.